The van der Waals surface area contributed by atoms with Crippen molar-refractivity contribution >= 4 is 32.9 Å². The molecule has 3 aromatic heterocycles. The lowest BCUT2D eigenvalue weighted by Gasteiger charge is -2.07. The zero-order valence-electron chi connectivity index (χ0n) is 17.0. The van der Waals surface area contributed by atoms with E-state index in [1.165, 1.54) is 5.56 Å². The Morgan fingerprint density at radius 2 is 1.97 bits per heavy atom. The highest BCUT2D eigenvalue weighted by Crippen LogP contribution is 2.29. The van der Waals surface area contributed by atoms with Crippen LogP contribution in [0.2, 0.25) is 0 Å². The third-order valence-corrected chi connectivity index (χ3v) is 5.36. The van der Waals surface area contributed by atoms with Crippen molar-refractivity contribution < 1.29 is 4.79 Å². The number of rotatable bonds is 7. The maximum absolute atomic E-state index is 12.4. The number of pyridine rings is 1. The number of carbonyl (C=O) groups excluding carboxylic acids is 1. The minimum absolute atomic E-state index is 0.0800. The number of aromatic nitrogens is 5. The van der Waals surface area contributed by atoms with Gasteiger partial charge in [0, 0.05) is 30.9 Å². The molecule has 30 heavy (non-hydrogen) atoms. The highest BCUT2D eigenvalue weighted by Gasteiger charge is 2.15. The average molecular weight is 467 g/mol. The number of fused-ring (bicyclic) bond motifs is 1. The number of amides is 1. The van der Waals surface area contributed by atoms with Crippen LogP contribution in [0.3, 0.4) is 0 Å². The number of aryl methyl sites for hydroxylation is 3. The van der Waals surface area contributed by atoms with Gasteiger partial charge < -0.3 is 5.32 Å². The molecule has 0 fully saturated rings. The van der Waals surface area contributed by atoms with Crippen molar-refractivity contribution in [2.75, 3.05) is 6.54 Å². The number of hydrogen-bond donors (Lipinski definition) is 1. The molecule has 0 aliphatic carbocycles. The van der Waals surface area contributed by atoms with Crippen LogP contribution in [-0.4, -0.2) is 37.0 Å². The van der Waals surface area contributed by atoms with E-state index in [1.54, 1.807) is 17.1 Å². The normalized spacial score (nSPS) is 11.2. The van der Waals surface area contributed by atoms with Gasteiger partial charge in [0.1, 0.15) is 6.54 Å². The van der Waals surface area contributed by atoms with E-state index >= 15 is 0 Å². The number of benzene rings is 1. The molecule has 0 aliphatic rings. The Labute approximate surface area is 183 Å². The van der Waals surface area contributed by atoms with E-state index in [0.29, 0.717) is 6.54 Å². The first-order valence-corrected chi connectivity index (χ1v) is 10.6. The van der Waals surface area contributed by atoms with Gasteiger partial charge in [0.2, 0.25) is 5.91 Å². The topological polar surface area (TPSA) is 77.6 Å². The molecule has 0 bridgehead atoms. The molecule has 0 atom stereocenters. The smallest absolute Gasteiger partial charge is 0.241 e. The van der Waals surface area contributed by atoms with Gasteiger partial charge in [-0.05, 0) is 53.4 Å². The maximum Gasteiger partial charge on any atom is 0.241 e. The molecule has 154 valence electrons. The molecule has 0 saturated heterocycles. The largest absolute Gasteiger partial charge is 0.354 e. The van der Waals surface area contributed by atoms with Crippen LogP contribution in [0.1, 0.15) is 17.7 Å². The van der Waals surface area contributed by atoms with Crippen LogP contribution in [-0.2, 0) is 17.9 Å². The first-order chi connectivity index (χ1) is 14.5. The summed E-state index contributed by atoms with van der Waals surface area (Å²) >= 11 is 3.38. The standard InChI is InChI=1S/C22H23BrN6O/c1-15-4-6-17(7-5-15)19-8-10-25-22-21(19)16(2)27-29(22)14-20(30)24-9-3-11-28-13-18(23)12-26-28/h4-8,10,12-13H,3,9,11,14H2,1-2H3,(H,24,30). The first kappa shape index (κ1) is 20.3. The fraction of sp³-hybridized carbons (Fsp3) is 0.273. The third kappa shape index (κ3) is 4.43. The predicted octanol–water partition coefficient (Wildman–Crippen LogP) is 3.88. The monoisotopic (exact) mass is 466 g/mol. The number of carbonyl (C=O) groups is 1. The SMILES string of the molecule is Cc1ccc(-c2ccnc3c2c(C)nn3CC(=O)NCCCn2cc(Br)cn2)cc1. The minimum atomic E-state index is -0.0800. The minimum Gasteiger partial charge on any atom is -0.354 e. The van der Waals surface area contributed by atoms with E-state index in [1.807, 2.05) is 23.9 Å². The van der Waals surface area contributed by atoms with Gasteiger partial charge in [0.15, 0.2) is 5.65 Å². The zero-order valence-corrected chi connectivity index (χ0v) is 18.6. The first-order valence-electron chi connectivity index (χ1n) is 9.85. The molecule has 1 N–H and O–H groups in total. The van der Waals surface area contributed by atoms with Crippen molar-refractivity contribution in [2.45, 2.75) is 33.4 Å². The quantitative estimate of drug-likeness (QED) is 0.419. The Kier molecular flexibility index (Phi) is 5.94. The molecule has 4 rings (SSSR count). The van der Waals surface area contributed by atoms with E-state index < -0.39 is 0 Å². The molecule has 0 aliphatic heterocycles. The molecule has 0 saturated carbocycles. The lowest BCUT2D eigenvalue weighted by molar-refractivity contribution is -0.121. The van der Waals surface area contributed by atoms with Crippen LogP contribution in [0, 0.1) is 13.8 Å². The number of nitrogens with one attached hydrogen (secondary N) is 1. The Morgan fingerprint density at radius 1 is 1.17 bits per heavy atom. The summed E-state index contributed by atoms with van der Waals surface area (Å²) in [6.45, 7) is 5.50. The van der Waals surface area contributed by atoms with Crippen LogP contribution >= 0.6 is 15.9 Å². The van der Waals surface area contributed by atoms with E-state index in [4.69, 9.17) is 0 Å². The van der Waals surface area contributed by atoms with Crippen LogP contribution < -0.4 is 5.32 Å². The zero-order chi connectivity index (χ0) is 21.1. The fourth-order valence-electron chi connectivity index (χ4n) is 3.49. The summed E-state index contributed by atoms with van der Waals surface area (Å²) in [5.41, 5.74) is 5.00. The van der Waals surface area contributed by atoms with E-state index in [9.17, 15) is 4.79 Å². The molecule has 0 radical (unpaired) electrons. The summed E-state index contributed by atoms with van der Waals surface area (Å²) in [7, 11) is 0. The molecular weight excluding hydrogens is 444 g/mol. The van der Waals surface area contributed by atoms with Crippen molar-refractivity contribution in [3.63, 3.8) is 0 Å². The second kappa shape index (κ2) is 8.79. The molecule has 7 nitrogen and oxygen atoms in total. The van der Waals surface area contributed by atoms with Crippen molar-refractivity contribution in [3.8, 4) is 11.1 Å². The van der Waals surface area contributed by atoms with Crippen LogP contribution in [0.4, 0.5) is 0 Å². The fourth-order valence-corrected chi connectivity index (χ4v) is 3.81. The van der Waals surface area contributed by atoms with Crippen LogP contribution in [0.5, 0.6) is 0 Å². The van der Waals surface area contributed by atoms with Gasteiger partial charge in [-0.2, -0.15) is 10.2 Å². The molecule has 4 aromatic rings. The summed E-state index contributed by atoms with van der Waals surface area (Å²) in [5.74, 6) is -0.0800. The van der Waals surface area contributed by atoms with Crippen molar-refractivity contribution in [2.24, 2.45) is 0 Å². The van der Waals surface area contributed by atoms with E-state index in [0.717, 1.165) is 45.3 Å². The van der Waals surface area contributed by atoms with Crippen LogP contribution in [0.25, 0.3) is 22.2 Å². The number of halogens is 1. The van der Waals surface area contributed by atoms with Gasteiger partial charge in [-0.25, -0.2) is 9.67 Å². The summed E-state index contributed by atoms with van der Waals surface area (Å²) in [6.07, 6.45) is 6.24. The summed E-state index contributed by atoms with van der Waals surface area (Å²) in [5, 5.41) is 12.7. The molecular formula is C22H23BrN6O. The van der Waals surface area contributed by atoms with Gasteiger partial charge in [0.25, 0.3) is 0 Å². The lowest BCUT2D eigenvalue weighted by atomic mass is 10.0. The summed E-state index contributed by atoms with van der Waals surface area (Å²) in [6, 6.07) is 10.4. The molecule has 0 unspecified atom stereocenters. The van der Waals surface area contributed by atoms with E-state index in [-0.39, 0.29) is 12.5 Å². The highest BCUT2D eigenvalue weighted by atomic mass is 79.9. The summed E-state index contributed by atoms with van der Waals surface area (Å²) in [4.78, 5) is 16.9. The Morgan fingerprint density at radius 3 is 2.70 bits per heavy atom. The van der Waals surface area contributed by atoms with Gasteiger partial charge in [-0.15, -0.1) is 0 Å². The molecule has 8 heteroatoms. The maximum atomic E-state index is 12.4. The molecule has 1 amide bonds. The van der Waals surface area contributed by atoms with Crippen molar-refractivity contribution in [3.05, 3.63) is 64.7 Å². The average Bonchev–Trinajstić information content (AvgIpc) is 3.29. The lowest BCUT2D eigenvalue weighted by Crippen LogP contribution is -2.29. The summed E-state index contributed by atoms with van der Waals surface area (Å²) < 4.78 is 4.48. The Balaban J connectivity index is 1.44. The Hall–Kier alpha value is -3.00. The Bertz CT molecular complexity index is 1180. The number of hydrogen-bond acceptors (Lipinski definition) is 4. The number of nitrogens with zero attached hydrogens (tertiary/aromatic N) is 5. The van der Waals surface area contributed by atoms with Gasteiger partial charge >= 0.3 is 0 Å². The van der Waals surface area contributed by atoms with Crippen LogP contribution in [0.15, 0.2) is 53.4 Å². The molecule has 1 aromatic carbocycles. The van der Waals surface area contributed by atoms with Gasteiger partial charge in [-0.3, -0.25) is 9.48 Å². The van der Waals surface area contributed by atoms with Crippen molar-refractivity contribution in [1.29, 1.82) is 0 Å². The molecule has 3 heterocycles. The predicted molar refractivity (Wildman–Crippen MR) is 120 cm³/mol. The highest BCUT2D eigenvalue weighted by molar-refractivity contribution is 9.10. The van der Waals surface area contributed by atoms with Gasteiger partial charge in [-0.1, -0.05) is 29.8 Å². The second-order valence-electron chi connectivity index (χ2n) is 7.29. The second-order valence-corrected chi connectivity index (χ2v) is 8.21. The van der Waals surface area contributed by atoms with Crippen molar-refractivity contribution in [1.82, 2.24) is 29.9 Å². The van der Waals surface area contributed by atoms with E-state index in [2.05, 4.69) is 67.6 Å². The molecule has 0 spiro atoms. The van der Waals surface area contributed by atoms with Gasteiger partial charge in [0.05, 0.1) is 16.4 Å². The third-order valence-electron chi connectivity index (χ3n) is 4.95.